The topological polar surface area (TPSA) is 33.5 Å². The van der Waals surface area contributed by atoms with Crippen LogP contribution in [0.1, 0.15) is 0 Å². The first-order chi connectivity index (χ1) is 12.4. The third kappa shape index (κ3) is 3.58. The molecular formula is C21H18N4+2. The van der Waals surface area contributed by atoms with Crippen molar-refractivity contribution in [2.45, 2.75) is 6.67 Å². The van der Waals surface area contributed by atoms with Crippen LogP contribution in [0.15, 0.2) is 98.1 Å². The molecule has 0 radical (unpaired) electrons. The first-order valence-electron chi connectivity index (χ1n) is 8.17. The van der Waals surface area contributed by atoms with Crippen LogP contribution in [0.2, 0.25) is 0 Å². The van der Waals surface area contributed by atoms with E-state index in [2.05, 4.69) is 68.2 Å². The summed E-state index contributed by atoms with van der Waals surface area (Å²) >= 11 is 0. The smallest absolute Gasteiger partial charge is 0.265 e. The molecule has 0 N–H and O–H groups in total. The minimum Gasteiger partial charge on any atom is -0.265 e. The number of hydrogen-bond acceptors (Lipinski definition) is 2. The molecule has 0 fully saturated rings. The van der Waals surface area contributed by atoms with Gasteiger partial charge in [-0.3, -0.25) is 9.97 Å². The number of pyridine rings is 4. The van der Waals surface area contributed by atoms with Crippen LogP contribution in [-0.2, 0) is 6.67 Å². The van der Waals surface area contributed by atoms with Crippen molar-refractivity contribution < 1.29 is 9.13 Å². The lowest BCUT2D eigenvalue weighted by atomic mass is 10.1. The molecule has 0 saturated carbocycles. The highest BCUT2D eigenvalue weighted by Crippen LogP contribution is 2.16. The average molecular weight is 326 g/mol. The van der Waals surface area contributed by atoms with E-state index in [4.69, 9.17) is 0 Å². The molecule has 4 rings (SSSR count). The van der Waals surface area contributed by atoms with Crippen LogP contribution < -0.4 is 9.13 Å². The first kappa shape index (κ1) is 15.1. The van der Waals surface area contributed by atoms with Gasteiger partial charge in [-0.05, 0) is 46.5 Å². The Balaban J connectivity index is 1.49. The zero-order valence-electron chi connectivity index (χ0n) is 13.7. The lowest BCUT2D eigenvalue weighted by molar-refractivity contribution is -0.913. The molecule has 4 heteroatoms. The van der Waals surface area contributed by atoms with E-state index in [-0.39, 0.29) is 0 Å². The summed E-state index contributed by atoms with van der Waals surface area (Å²) < 4.78 is 4.30. The van der Waals surface area contributed by atoms with Gasteiger partial charge in [0.1, 0.15) is 0 Å². The molecule has 0 unspecified atom stereocenters. The zero-order valence-corrected chi connectivity index (χ0v) is 13.7. The molecule has 4 heterocycles. The molecule has 120 valence electrons. The second-order valence-corrected chi connectivity index (χ2v) is 5.82. The van der Waals surface area contributed by atoms with Crippen LogP contribution in [0.3, 0.4) is 0 Å². The number of rotatable bonds is 4. The molecule has 0 amide bonds. The van der Waals surface area contributed by atoms with E-state index in [1.54, 1.807) is 0 Å². The lowest BCUT2D eigenvalue weighted by Gasteiger charge is -2.01. The van der Waals surface area contributed by atoms with Gasteiger partial charge in [-0.1, -0.05) is 0 Å². The summed E-state index contributed by atoms with van der Waals surface area (Å²) in [5.74, 6) is 0. The predicted octanol–water partition coefficient (Wildman–Crippen LogP) is 2.89. The van der Waals surface area contributed by atoms with Gasteiger partial charge in [0.15, 0.2) is 24.8 Å². The van der Waals surface area contributed by atoms with Crippen molar-refractivity contribution in [3.8, 4) is 22.3 Å². The maximum atomic E-state index is 4.06. The first-order valence-corrected chi connectivity index (χ1v) is 8.17. The molecule has 0 aromatic carbocycles. The molecule has 0 spiro atoms. The molecule has 0 aliphatic carbocycles. The normalized spacial score (nSPS) is 10.6. The molecule has 4 nitrogen and oxygen atoms in total. The fourth-order valence-electron chi connectivity index (χ4n) is 2.77. The minimum absolute atomic E-state index is 0.771. The van der Waals surface area contributed by atoms with E-state index < -0.39 is 0 Å². The van der Waals surface area contributed by atoms with E-state index in [0.29, 0.717) is 0 Å². The average Bonchev–Trinajstić information content (AvgIpc) is 2.71. The van der Waals surface area contributed by atoms with E-state index in [0.717, 1.165) is 6.67 Å². The van der Waals surface area contributed by atoms with Gasteiger partial charge in [0, 0.05) is 49.1 Å². The van der Waals surface area contributed by atoms with E-state index >= 15 is 0 Å². The Bertz CT molecular complexity index is 854. The highest BCUT2D eigenvalue weighted by atomic mass is 15.1. The van der Waals surface area contributed by atoms with Crippen LogP contribution in [0.25, 0.3) is 22.3 Å². The van der Waals surface area contributed by atoms with Crippen LogP contribution in [0.4, 0.5) is 0 Å². The highest BCUT2D eigenvalue weighted by Gasteiger charge is 2.09. The summed E-state index contributed by atoms with van der Waals surface area (Å²) in [5.41, 5.74) is 4.74. The Morgan fingerprint density at radius 3 is 1.16 bits per heavy atom. The van der Waals surface area contributed by atoms with Gasteiger partial charge >= 0.3 is 6.67 Å². The van der Waals surface area contributed by atoms with Crippen molar-refractivity contribution in [1.29, 1.82) is 0 Å². The maximum absolute atomic E-state index is 4.06. The summed E-state index contributed by atoms with van der Waals surface area (Å²) in [6.07, 6.45) is 15.7. The Kier molecular flexibility index (Phi) is 4.25. The maximum Gasteiger partial charge on any atom is 0.343 e. The van der Waals surface area contributed by atoms with Gasteiger partial charge in [-0.2, -0.15) is 0 Å². The molecular weight excluding hydrogens is 308 g/mol. The van der Waals surface area contributed by atoms with Crippen molar-refractivity contribution >= 4 is 0 Å². The Hall–Kier alpha value is -3.40. The standard InChI is InChI=1S/C21H18N4/c1-9-22-10-2-18(1)20-5-13-24(14-6-20)17-25-15-7-21(8-16-25)19-3-11-23-12-4-19/h1-16H,17H2/q+2. The van der Waals surface area contributed by atoms with E-state index in [1.807, 2.05) is 49.1 Å². The monoisotopic (exact) mass is 326 g/mol. The van der Waals surface area contributed by atoms with Crippen LogP contribution in [0.5, 0.6) is 0 Å². The van der Waals surface area contributed by atoms with Gasteiger partial charge in [-0.15, -0.1) is 9.13 Å². The summed E-state index contributed by atoms with van der Waals surface area (Å²) in [6.45, 7) is 0.771. The third-order valence-electron chi connectivity index (χ3n) is 4.14. The van der Waals surface area contributed by atoms with Crippen molar-refractivity contribution in [3.05, 3.63) is 98.1 Å². The molecule has 0 bridgehead atoms. The molecule has 4 aromatic heterocycles. The summed E-state index contributed by atoms with van der Waals surface area (Å²) in [7, 11) is 0. The molecule has 0 aliphatic heterocycles. The Morgan fingerprint density at radius 2 is 0.800 bits per heavy atom. The van der Waals surface area contributed by atoms with Crippen molar-refractivity contribution in [1.82, 2.24) is 9.97 Å². The predicted molar refractivity (Wildman–Crippen MR) is 95.1 cm³/mol. The van der Waals surface area contributed by atoms with Gasteiger partial charge in [0.05, 0.1) is 0 Å². The molecule has 0 saturated heterocycles. The SMILES string of the molecule is c1cc(-c2cc[n+](C[n+]3ccc(-c4ccncc4)cc3)cc2)ccn1. The van der Waals surface area contributed by atoms with Crippen molar-refractivity contribution in [2.24, 2.45) is 0 Å². The molecule has 0 aliphatic rings. The number of nitrogens with zero attached hydrogens (tertiary/aromatic N) is 4. The fraction of sp³-hybridized carbons (Fsp3) is 0.0476. The number of hydrogen-bond donors (Lipinski definition) is 0. The van der Waals surface area contributed by atoms with Crippen molar-refractivity contribution in [3.63, 3.8) is 0 Å². The largest absolute Gasteiger partial charge is 0.343 e. The van der Waals surface area contributed by atoms with Crippen LogP contribution in [-0.4, -0.2) is 9.97 Å². The summed E-state index contributed by atoms with van der Waals surface area (Å²) in [6, 6.07) is 16.6. The Labute approximate surface area is 146 Å². The van der Waals surface area contributed by atoms with Gasteiger partial charge in [-0.25, -0.2) is 0 Å². The van der Waals surface area contributed by atoms with Gasteiger partial charge < -0.3 is 0 Å². The molecule has 4 aromatic rings. The van der Waals surface area contributed by atoms with Gasteiger partial charge in [0.2, 0.25) is 0 Å². The molecule has 25 heavy (non-hydrogen) atoms. The third-order valence-corrected chi connectivity index (χ3v) is 4.14. The second-order valence-electron chi connectivity index (χ2n) is 5.82. The fourth-order valence-corrected chi connectivity index (χ4v) is 2.77. The lowest BCUT2D eigenvalue weighted by Crippen LogP contribution is -2.50. The van der Waals surface area contributed by atoms with Crippen LogP contribution >= 0.6 is 0 Å². The van der Waals surface area contributed by atoms with Gasteiger partial charge in [0.25, 0.3) is 0 Å². The minimum atomic E-state index is 0.771. The zero-order chi connectivity index (χ0) is 16.9. The summed E-state index contributed by atoms with van der Waals surface area (Å²) in [5, 5.41) is 0. The second kappa shape index (κ2) is 7.01. The van der Waals surface area contributed by atoms with E-state index in [9.17, 15) is 0 Å². The van der Waals surface area contributed by atoms with E-state index in [1.165, 1.54) is 22.3 Å². The summed E-state index contributed by atoms with van der Waals surface area (Å²) in [4.78, 5) is 8.12. The highest BCUT2D eigenvalue weighted by molar-refractivity contribution is 5.62. The van der Waals surface area contributed by atoms with Crippen LogP contribution in [0, 0.1) is 0 Å². The van der Waals surface area contributed by atoms with Crippen molar-refractivity contribution in [2.75, 3.05) is 0 Å². The number of aromatic nitrogens is 4. The quantitative estimate of drug-likeness (QED) is 0.540. The molecule has 0 atom stereocenters. The Morgan fingerprint density at radius 1 is 0.480 bits per heavy atom.